The van der Waals surface area contributed by atoms with Crippen LogP contribution in [0.5, 0.6) is 0 Å². The van der Waals surface area contributed by atoms with Crippen LogP contribution in [-0.4, -0.2) is 24.9 Å². The van der Waals surface area contributed by atoms with Crippen LogP contribution >= 0.6 is 0 Å². The summed E-state index contributed by atoms with van der Waals surface area (Å²) < 4.78 is 12.9. The molecule has 2 N–H and O–H groups in total. The quantitative estimate of drug-likeness (QED) is 0.812. The van der Waals surface area contributed by atoms with Crippen molar-refractivity contribution in [3.05, 3.63) is 71.0 Å². The molecule has 0 aliphatic heterocycles. The Labute approximate surface area is 147 Å². The van der Waals surface area contributed by atoms with Gasteiger partial charge in [-0.25, -0.2) is 4.39 Å². The van der Waals surface area contributed by atoms with Crippen LogP contribution in [0.1, 0.15) is 40.1 Å². The number of rotatable bonds is 7. The van der Waals surface area contributed by atoms with E-state index in [2.05, 4.69) is 10.6 Å². The molecule has 2 aromatic carbocycles. The second-order valence-electron chi connectivity index (χ2n) is 6.32. The fraction of sp³-hybridized carbons (Fsp3) is 0.300. The van der Waals surface area contributed by atoms with Gasteiger partial charge >= 0.3 is 0 Å². The van der Waals surface area contributed by atoms with Crippen molar-refractivity contribution in [1.29, 1.82) is 0 Å². The average Bonchev–Trinajstić information content (AvgIpc) is 2.61. The van der Waals surface area contributed by atoms with Crippen LogP contribution in [0.4, 0.5) is 4.39 Å². The van der Waals surface area contributed by atoms with Crippen LogP contribution in [0.15, 0.2) is 48.5 Å². The summed E-state index contributed by atoms with van der Waals surface area (Å²) in [6.45, 7) is 5.07. The van der Waals surface area contributed by atoms with Crippen molar-refractivity contribution in [3.8, 4) is 0 Å². The van der Waals surface area contributed by atoms with Gasteiger partial charge in [-0.2, -0.15) is 0 Å². The molecule has 0 spiro atoms. The summed E-state index contributed by atoms with van der Waals surface area (Å²) >= 11 is 0. The molecule has 25 heavy (non-hydrogen) atoms. The Morgan fingerprint density at radius 2 is 1.56 bits per heavy atom. The molecule has 0 bridgehead atoms. The molecule has 0 aliphatic carbocycles. The van der Waals surface area contributed by atoms with E-state index in [-0.39, 0.29) is 17.6 Å². The van der Waals surface area contributed by atoms with Crippen molar-refractivity contribution in [2.45, 2.75) is 20.3 Å². The van der Waals surface area contributed by atoms with Gasteiger partial charge in [0, 0.05) is 24.2 Å². The Balaban J connectivity index is 1.89. The standard InChI is InChI=1S/C20H23FN2O2/c1-14(2)13-23-20(25)17-5-3-4-16(12-17)19(24)22-11-10-15-6-8-18(21)9-7-15/h3-9,12,14H,10-11,13H2,1-2H3,(H,22,24)(H,23,25). The first-order chi connectivity index (χ1) is 12.0. The van der Waals surface area contributed by atoms with E-state index < -0.39 is 0 Å². The minimum atomic E-state index is -0.277. The molecule has 0 aromatic heterocycles. The van der Waals surface area contributed by atoms with E-state index >= 15 is 0 Å². The van der Waals surface area contributed by atoms with Crippen molar-refractivity contribution in [2.75, 3.05) is 13.1 Å². The van der Waals surface area contributed by atoms with Gasteiger partial charge in [-0.1, -0.05) is 32.0 Å². The zero-order chi connectivity index (χ0) is 18.2. The lowest BCUT2D eigenvalue weighted by Crippen LogP contribution is -2.28. The Morgan fingerprint density at radius 1 is 0.960 bits per heavy atom. The molecule has 2 amide bonds. The van der Waals surface area contributed by atoms with Crippen molar-refractivity contribution >= 4 is 11.8 Å². The molecule has 0 saturated heterocycles. The van der Waals surface area contributed by atoms with E-state index in [0.717, 1.165) is 5.56 Å². The fourth-order valence-corrected chi connectivity index (χ4v) is 2.27. The minimum Gasteiger partial charge on any atom is -0.352 e. The third kappa shape index (κ3) is 6.03. The second-order valence-corrected chi connectivity index (χ2v) is 6.32. The highest BCUT2D eigenvalue weighted by molar-refractivity contribution is 5.99. The zero-order valence-electron chi connectivity index (χ0n) is 14.5. The van der Waals surface area contributed by atoms with Crippen LogP contribution in [0.3, 0.4) is 0 Å². The highest BCUT2D eigenvalue weighted by atomic mass is 19.1. The van der Waals surface area contributed by atoms with E-state index in [1.54, 1.807) is 36.4 Å². The first-order valence-electron chi connectivity index (χ1n) is 8.36. The number of hydrogen-bond donors (Lipinski definition) is 2. The molecular formula is C20H23FN2O2. The lowest BCUT2D eigenvalue weighted by Gasteiger charge is -2.09. The Hall–Kier alpha value is -2.69. The summed E-state index contributed by atoms with van der Waals surface area (Å²) in [5.41, 5.74) is 1.85. The number of halogens is 1. The van der Waals surface area contributed by atoms with Crippen molar-refractivity contribution in [1.82, 2.24) is 10.6 Å². The van der Waals surface area contributed by atoms with Crippen LogP contribution in [0.2, 0.25) is 0 Å². The maximum Gasteiger partial charge on any atom is 0.251 e. The Kier molecular flexibility index (Phi) is 6.69. The molecule has 0 aliphatic rings. The molecule has 0 radical (unpaired) electrons. The van der Waals surface area contributed by atoms with Gasteiger partial charge in [0.2, 0.25) is 0 Å². The molecule has 2 rings (SSSR count). The van der Waals surface area contributed by atoms with E-state index in [1.807, 2.05) is 13.8 Å². The SMILES string of the molecule is CC(C)CNC(=O)c1cccc(C(=O)NCCc2ccc(F)cc2)c1. The van der Waals surface area contributed by atoms with Crippen molar-refractivity contribution in [3.63, 3.8) is 0 Å². The molecule has 4 nitrogen and oxygen atoms in total. The van der Waals surface area contributed by atoms with Crippen LogP contribution < -0.4 is 10.6 Å². The van der Waals surface area contributed by atoms with E-state index in [9.17, 15) is 14.0 Å². The predicted octanol–water partition coefficient (Wildman–Crippen LogP) is 3.18. The summed E-state index contributed by atoms with van der Waals surface area (Å²) in [6, 6.07) is 12.8. The third-order valence-electron chi connectivity index (χ3n) is 3.67. The summed E-state index contributed by atoms with van der Waals surface area (Å²) in [4.78, 5) is 24.3. The molecule has 0 saturated carbocycles. The predicted molar refractivity (Wildman–Crippen MR) is 96.1 cm³/mol. The minimum absolute atomic E-state index is 0.185. The number of benzene rings is 2. The average molecular weight is 342 g/mol. The maximum absolute atomic E-state index is 12.9. The monoisotopic (exact) mass is 342 g/mol. The first kappa shape index (κ1) is 18.6. The van der Waals surface area contributed by atoms with Gasteiger partial charge in [-0.05, 0) is 48.2 Å². The van der Waals surface area contributed by atoms with Crippen LogP contribution in [-0.2, 0) is 6.42 Å². The van der Waals surface area contributed by atoms with Gasteiger partial charge in [0.25, 0.3) is 11.8 Å². The lowest BCUT2D eigenvalue weighted by molar-refractivity contribution is 0.0949. The van der Waals surface area contributed by atoms with E-state index in [0.29, 0.717) is 36.6 Å². The topological polar surface area (TPSA) is 58.2 Å². The molecule has 0 atom stereocenters. The molecule has 0 heterocycles. The van der Waals surface area contributed by atoms with Crippen molar-refractivity contribution < 1.29 is 14.0 Å². The van der Waals surface area contributed by atoms with Crippen molar-refractivity contribution in [2.24, 2.45) is 5.92 Å². The molecule has 5 heteroatoms. The first-order valence-corrected chi connectivity index (χ1v) is 8.36. The molecule has 0 unspecified atom stereocenters. The summed E-state index contributed by atoms with van der Waals surface area (Å²) in [5, 5.41) is 5.65. The molecule has 2 aromatic rings. The van der Waals surface area contributed by atoms with Gasteiger partial charge in [0.05, 0.1) is 0 Å². The van der Waals surface area contributed by atoms with Crippen LogP contribution in [0, 0.1) is 11.7 Å². The Morgan fingerprint density at radius 3 is 2.16 bits per heavy atom. The number of carbonyl (C=O) groups excluding carboxylic acids is 2. The van der Waals surface area contributed by atoms with Gasteiger partial charge in [-0.15, -0.1) is 0 Å². The Bertz CT molecular complexity index is 727. The smallest absolute Gasteiger partial charge is 0.251 e. The fourth-order valence-electron chi connectivity index (χ4n) is 2.27. The zero-order valence-corrected chi connectivity index (χ0v) is 14.5. The largest absolute Gasteiger partial charge is 0.352 e. The van der Waals surface area contributed by atoms with Gasteiger partial charge in [0.15, 0.2) is 0 Å². The highest BCUT2D eigenvalue weighted by Crippen LogP contribution is 2.07. The number of hydrogen-bond acceptors (Lipinski definition) is 2. The molecule has 132 valence electrons. The highest BCUT2D eigenvalue weighted by Gasteiger charge is 2.10. The van der Waals surface area contributed by atoms with E-state index in [4.69, 9.17) is 0 Å². The normalized spacial score (nSPS) is 10.6. The summed E-state index contributed by atoms with van der Waals surface area (Å²) in [5.74, 6) is -0.336. The van der Waals surface area contributed by atoms with Gasteiger partial charge in [-0.3, -0.25) is 9.59 Å². The summed E-state index contributed by atoms with van der Waals surface area (Å²) in [6.07, 6.45) is 0.612. The lowest BCUT2D eigenvalue weighted by atomic mass is 10.1. The number of nitrogens with one attached hydrogen (secondary N) is 2. The maximum atomic E-state index is 12.9. The van der Waals surface area contributed by atoms with Crippen LogP contribution in [0.25, 0.3) is 0 Å². The third-order valence-corrected chi connectivity index (χ3v) is 3.67. The molecule has 0 fully saturated rings. The summed E-state index contributed by atoms with van der Waals surface area (Å²) in [7, 11) is 0. The second kappa shape index (κ2) is 8.97. The van der Waals surface area contributed by atoms with Gasteiger partial charge in [0.1, 0.15) is 5.82 Å². The number of amides is 2. The van der Waals surface area contributed by atoms with E-state index in [1.165, 1.54) is 12.1 Å². The molecular weight excluding hydrogens is 319 g/mol. The number of carbonyl (C=O) groups is 2. The van der Waals surface area contributed by atoms with Gasteiger partial charge < -0.3 is 10.6 Å².